The van der Waals surface area contributed by atoms with Crippen LogP contribution >= 0.6 is 0 Å². The Hall–Kier alpha value is -4.33. The summed E-state index contributed by atoms with van der Waals surface area (Å²) >= 11 is 0. The number of benzene rings is 2. The number of rotatable bonds is 5. The molecule has 0 aliphatic carbocycles. The molecule has 0 unspecified atom stereocenters. The van der Waals surface area contributed by atoms with E-state index in [9.17, 15) is 9.59 Å². The molecule has 2 aromatic carbocycles. The van der Waals surface area contributed by atoms with E-state index in [1.807, 2.05) is 48.5 Å². The molecule has 0 saturated carbocycles. The van der Waals surface area contributed by atoms with Gasteiger partial charge in [0.15, 0.2) is 0 Å². The topological polar surface area (TPSA) is 98.4 Å². The zero-order valence-electron chi connectivity index (χ0n) is 17.9. The second kappa shape index (κ2) is 8.81. The first-order valence-corrected chi connectivity index (χ1v) is 9.94. The van der Waals surface area contributed by atoms with Crippen molar-refractivity contribution in [3.05, 3.63) is 89.5 Å². The minimum atomic E-state index is -0.515. The Morgan fingerprint density at radius 3 is 2.25 bits per heavy atom. The number of carbonyl (C=O) groups is 2. The molecule has 0 fully saturated rings. The molecule has 0 radical (unpaired) electrons. The zero-order valence-corrected chi connectivity index (χ0v) is 17.9. The lowest BCUT2D eigenvalue weighted by Gasteiger charge is -2.09. The number of hydrogen-bond donors (Lipinski definition) is 2. The highest BCUT2D eigenvalue weighted by molar-refractivity contribution is 6.03. The second-order valence-corrected chi connectivity index (χ2v) is 7.11. The van der Waals surface area contributed by atoms with E-state index in [0.29, 0.717) is 34.1 Å². The number of amides is 2. The molecule has 8 nitrogen and oxygen atoms in total. The minimum absolute atomic E-state index is 0.277. The molecule has 8 heteroatoms. The van der Waals surface area contributed by atoms with Crippen LogP contribution in [0.4, 0.5) is 0 Å². The van der Waals surface area contributed by atoms with Crippen molar-refractivity contribution in [3.8, 4) is 22.7 Å². The number of aromatic nitrogens is 2. The van der Waals surface area contributed by atoms with Crippen LogP contribution in [0.2, 0.25) is 0 Å². The van der Waals surface area contributed by atoms with E-state index in [4.69, 9.17) is 9.15 Å². The standard InChI is InChI=1S/C24H22N4O4/c1-15-13-19(16(2)32-15)23(29)25-26-24(30)20-14-28(17-9-5-4-6-10-17)27-22(20)18-11-7-8-12-21(18)31-3/h4-14H,1-3H3,(H,25,29)(H,26,30). The summed E-state index contributed by atoms with van der Waals surface area (Å²) in [6.45, 7) is 3.44. The number of hydrogen-bond acceptors (Lipinski definition) is 5. The van der Waals surface area contributed by atoms with Gasteiger partial charge in [-0.1, -0.05) is 30.3 Å². The molecule has 4 rings (SSSR count). The molecule has 162 valence electrons. The third kappa shape index (κ3) is 4.11. The molecule has 2 aromatic heterocycles. The molecule has 0 spiro atoms. The minimum Gasteiger partial charge on any atom is -0.496 e. The fraction of sp³-hybridized carbons (Fsp3) is 0.125. The fourth-order valence-corrected chi connectivity index (χ4v) is 3.40. The van der Waals surface area contributed by atoms with Crippen LogP contribution in [-0.2, 0) is 0 Å². The smallest absolute Gasteiger partial charge is 0.273 e. The summed E-state index contributed by atoms with van der Waals surface area (Å²) < 4.78 is 12.5. The first-order chi connectivity index (χ1) is 15.5. The van der Waals surface area contributed by atoms with Crippen LogP contribution in [0.1, 0.15) is 32.2 Å². The summed E-state index contributed by atoms with van der Waals surface area (Å²) in [6, 6.07) is 18.3. The van der Waals surface area contributed by atoms with Crippen molar-refractivity contribution >= 4 is 11.8 Å². The van der Waals surface area contributed by atoms with Crippen molar-refractivity contribution in [3.63, 3.8) is 0 Å². The maximum atomic E-state index is 13.1. The molecule has 2 heterocycles. The fourth-order valence-electron chi connectivity index (χ4n) is 3.40. The summed E-state index contributed by atoms with van der Waals surface area (Å²) in [6.07, 6.45) is 1.62. The number of hydrazine groups is 1. The van der Waals surface area contributed by atoms with Gasteiger partial charge in [-0.2, -0.15) is 5.10 Å². The third-order valence-electron chi connectivity index (χ3n) is 4.92. The predicted octanol–water partition coefficient (Wildman–Crippen LogP) is 3.83. The summed E-state index contributed by atoms with van der Waals surface area (Å²) in [4.78, 5) is 25.5. The van der Waals surface area contributed by atoms with Crippen LogP contribution in [0, 0.1) is 13.8 Å². The van der Waals surface area contributed by atoms with E-state index < -0.39 is 11.8 Å². The van der Waals surface area contributed by atoms with Crippen molar-refractivity contribution < 1.29 is 18.7 Å². The Morgan fingerprint density at radius 1 is 0.938 bits per heavy atom. The van der Waals surface area contributed by atoms with E-state index in [0.717, 1.165) is 5.69 Å². The third-order valence-corrected chi connectivity index (χ3v) is 4.92. The maximum absolute atomic E-state index is 13.1. The molecule has 2 amide bonds. The van der Waals surface area contributed by atoms with Gasteiger partial charge in [0.1, 0.15) is 23.0 Å². The van der Waals surface area contributed by atoms with E-state index in [1.165, 1.54) is 0 Å². The Labute approximate surface area is 184 Å². The van der Waals surface area contributed by atoms with Gasteiger partial charge in [-0.05, 0) is 44.2 Å². The highest BCUT2D eigenvalue weighted by Crippen LogP contribution is 2.31. The highest BCUT2D eigenvalue weighted by Gasteiger charge is 2.22. The maximum Gasteiger partial charge on any atom is 0.273 e. The Balaban J connectivity index is 1.67. The van der Waals surface area contributed by atoms with Gasteiger partial charge < -0.3 is 9.15 Å². The van der Waals surface area contributed by atoms with Gasteiger partial charge in [-0.25, -0.2) is 4.68 Å². The number of para-hydroxylation sites is 2. The van der Waals surface area contributed by atoms with Crippen LogP contribution in [0.15, 0.2) is 71.3 Å². The number of carbonyl (C=O) groups excluding carboxylic acids is 2. The normalized spacial score (nSPS) is 10.6. The van der Waals surface area contributed by atoms with Gasteiger partial charge in [0.25, 0.3) is 11.8 Å². The summed E-state index contributed by atoms with van der Waals surface area (Å²) in [5.74, 6) is 0.678. The molecule has 2 N–H and O–H groups in total. The molecule has 0 bridgehead atoms. The van der Waals surface area contributed by atoms with Crippen LogP contribution in [-0.4, -0.2) is 28.7 Å². The van der Waals surface area contributed by atoms with Crippen LogP contribution in [0.5, 0.6) is 5.75 Å². The van der Waals surface area contributed by atoms with Gasteiger partial charge in [0.05, 0.1) is 23.9 Å². The van der Waals surface area contributed by atoms with Crippen molar-refractivity contribution in [2.45, 2.75) is 13.8 Å². The lowest BCUT2D eigenvalue weighted by Crippen LogP contribution is -2.41. The van der Waals surface area contributed by atoms with Crippen molar-refractivity contribution in [1.82, 2.24) is 20.6 Å². The van der Waals surface area contributed by atoms with Crippen molar-refractivity contribution in [2.24, 2.45) is 0 Å². The van der Waals surface area contributed by atoms with Gasteiger partial charge in [-0.15, -0.1) is 0 Å². The van der Waals surface area contributed by atoms with Gasteiger partial charge in [-0.3, -0.25) is 20.4 Å². The van der Waals surface area contributed by atoms with Crippen LogP contribution < -0.4 is 15.6 Å². The average molecular weight is 430 g/mol. The van der Waals surface area contributed by atoms with E-state index in [-0.39, 0.29) is 5.56 Å². The van der Waals surface area contributed by atoms with E-state index in [2.05, 4.69) is 16.0 Å². The Morgan fingerprint density at radius 2 is 1.59 bits per heavy atom. The monoisotopic (exact) mass is 430 g/mol. The van der Waals surface area contributed by atoms with E-state index >= 15 is 0 Å². The molecule has 0 saturated heterocycles. The van der Waals surface area contributed by atoms with Crippen molar-refractivity contribution in [2.75, 3.05) is 7.11 Å². The van der Waals surface area contributed by atoms with Crippen LogP contribution in [0.3, 0.4) is 0 Å². The van der Waals surface area contributed by atoms with Crippen molar-refractivity contribution in [1.29, 1.82) is 0 Å². The summed E-state index contributed by atoms with van der Waals surface area (Å²) in [5.41, 5.74) is 7.41. The molecule has 32 heavy (non-hydrogen) atoms. The lowest BCUT2D eigenvalue weighted by atomic mass is 10.1. The SMILES string of the molecule is COc1ccccc1-c1nn(-c2ccccc2)cc1C(=O)NNC(=O)c1cc(C)oc1C. The zero-order chi connectivity index (χ0) is 22.7. The molecule has 0 aliphatic rings. The molecular formula is C24H22N4O4. The molecular weight excluding hydrogens is 408 g/mol. The Kier molecular flexibility index (Phi) is 5.76. The first kappa shape index (κ1) is 20.9. The number of methoxy groups -OCH3 is 1. The Bertz CT molecular complexity index is 1270. The molecule has 0 aliphatic heterocycles. The lowest BCUT2D eigenvalue weighted by molar-refractivity contribution is 0.0846. The van der Waals surface area contributed by atoms with Gasteiger partial charge >= 0.3 is 0 Å². The summed E-state index contributed by atoms with van der Waals surface area (Å²) in [7, 11) is 1.56. The number of nitrogens with zero attached hydrogens (tertiary/aromatic N) is 2. The quantitative estimate of drug-likeness (QED) is 0.469. The first-order valence-electron chi connectivity index (χ1n) is 9.94. The number of ether oxygens (including phenoxy) is 1. The van der Waals surface area contributed by atoms with Gasteiger partial charge in [0, 0.05) is 11.8 Å². The molecule has 4 aromatic rings. The van der Waals surface area contributed by atoms with E-state index in [1.54, 1.807) is 44.0 Å². The van der Waals surface area contributed by atoms with Crippen LogP contribution in [0.25, 0.3) is 16.9 Å². The summed E-state index contributed by atoms with van der Waals surface area (Å²) in [5, 5.41) is 4.63. The highest BCUT2D eigenvalue weighted by atomic mass is 16.5. The molecule has 0 atom stereocenters. The number of nitrogens with one attached hydrogen (secondary N) is 2. The average Bonchev–Trinajstić information content (AvgIpc) is 3.41. The largest absolute Gasteiger partial charge is 0.496 e. The predicted molar refractivity (Wildman–Crippen MR) is 119 cm³/mol. The van der Waals surface area contributed by atoms with Gasteiger partial charge in [0.2, 0.25) is 0 Å². The number of aryl methyl sites for hydroxylation is 2. The second-order valence-electron chi connectivity index (χ2n) is 7.11. The number of furan rings is 1.